The first-order valence-corrected chi connectivity index (χ1v) is 4.45. The van der Waals surface area contributed by atoms with Gasteiger partial charge in [0.15, 0.2) is 0 Å². The smallest absolute Gasteiger partial charge is 0.0686 e. The van der Waals surface area contributed by atoms with E-state index in [2.05, 4.69) is 9.84 Å². The van der Waals surface area contributed by atoms with Crippen molar-refractivity contribution in [3.63, 3.8) is 0 Å². The minimum absolute atomic E-state index is 0.0888. The SMILES string of the molecule is CC(C)NC(N)[C@@H](C)SN=N. The standard InChI is InChI=1S/C6H16N4S/c1-4(2)9-6(7)5(3)11-10-8/h4-6,8-9H,7H2,1-3H3/t5-,6?/m1/s1. The van der Waals surface area contributed by atoms with Crippen LogP contribution in [-0.4, -0.2) is 17.5 Å². The van der Waals surface area contributed by atoms with E-state index in [1.54, 1.807) is 0 Å². The van der Waals surface area contributed by atoms with Crippen LogP contribution in [0.5, 0.6) is 0 Å². The fraction of sp³-hybridized carbons (Fsp3) is 1.00. The third-order valence-electron chi connectivity index (χ3n) is 1.25. The lowest BCUT2D eigenvalue weighted by molar-refractivity contribution is 0.470. The van der Waals surface area contributed by atoms with E-state index in [1.165, 1.54) is 11.9 Å². The Morgan fingerprint density at radius 3 is 2.36 bits per heavy atom. The Hall–Kier alpha value is -0.130. The van der Waals surface area contributed by atoms with Gasteiger partial charge in [-0.25, -0.2) is 0 Å². The summed E-state index contributed by atoms with van der Waals surface area (Å²) >= 11 is 1.19. The van der Waals surface area contributed by atoms with Crippen LogP contribution < -0.4 is 11.1 Å². The monoisotopic (exact) mass is 176 g/mol. The Balaban J connectivity index is 3.62. The number of hydrogen-bond acceptors (Lipinski definition) is 5. The predicted octanol–water partition coefficient (Wildman–Crippen LogP) is 1.34. The van der Waals surface area contributed by atoms with Crippen molar-refractivity contribution in [2.24, 2.45) is 10.3 Å². The maximum Gasteiger partial charge on any atom is 0.0686 e. The van der Waals surface area contributed by atoms with Gasteiger partial charge >= 0.3 is 0 Å². The third-order valence-corrected chi connectivity index (χ3v) is 1.98. The molecule has 0 aromatic heterocycles. The second-order valence-corrected chi connectivity index (χ2v) is 3.89. The van der Waals surface area contributed by atoms with Crippen molar-refractivity contribution in [1.82, 2.24) is 5.32 Å². The van der Waals surface area contributed by atoms with Crippen LogP contribution in [0.4, 0.5) is 0 Å². The highest BCUT2D eigenvalue weighted by molar-refractivity contribution is 7.98. The van der Waals surface area contributed by atoms with E-state index in [0.717, 1.165) is 0 Å². The highest BCUT2D eigenvalue weighted by Crippen LogP contribution is 2.12. The normalized spacial score (nSPS) is 16.5. The number of rotatable bonds is 5. The van der Waals surface area contributed by atoms with Gasteiger partial charge in [0.05, 0.1) is 11.4 Å². The summed E-state index contributed by atoms with van der Waals surface area (Å²) in [6, 6.07) is 0.374. The van der Waals surface area contributed by atoms with Crippen LogP contribution in [0.1, 0.15) is 20.8 Å². The van der Waals surface area contributed by atoms with Crippen LogP contribution in [0.2, 0.25) is 0 Å². The fourth-order valence-corrected chi connectivity index (χ4v) is 1.05. The summed E-state index contributed by atoms with van der Waals surface area (Å²) in [5.74, 6) is 0. The molecular weight excluding hydrogens is 160 g/mol. The molecule has 0 rings (SSSR count). The largest absolute Gasteiger partial charge is 0.315 e. The Bertz CT molecular complexity index is 117. The van der Waals surface area contributed by atoms with Crippen LogP contribution in [0.25, 0.3) is 0 Å². The van der Waals surface area contributed by atoms with Crippen molar-refractivity contribution in [1.29, 1.82) is 5.53 Å². The maximum absolute atomic E-state index is 6.61. The van der Waals surface area contributed by atoms with Crippen molar-refractivity contribution < 1.29 is 0 Å². The first-order chi connectivity index (χ1) is 5.07. The molecule has 0 amide bonds. The zero-order chi connectivity index (χ0) is 8.85. The number of nitrogens with two attached hydrogens (primary N) is 1. The lowest BCUT2D eigenvalue weighted by atomic mass is 10.3. The molecule has 0 aromatic rings. The lowest BCUT2D eigenvalue weighted by Crippen LogP contribution is -2.47. The Morgan fingerprint density at radius 1 is 1.45 bits per heavy atom. The van der Waals surface area contributed by atoms with Crippen molar-refractivity contribution in [3.05, 3.63) is 0 Å². The van der Waals surface area contributed by atoms with Gasteiger partial charge in [0.1, 0.15) is 0 Å². The zero-order valence-corrected chi connectivity index (χ0v) is 7.98. The van der Waals surface area contributed by atoms with Crippen LogP contribution in [-0.2, 0) is 0 Å². The van der Waals surface area contributed by atoms with Crippen molar-refractivity contribution in [2.75, 3.05) is 0 Å². The Kier molecular flexibility index (Phi) is 5.45. The first kappa shape index (κ1) is 10.9. The van der Waals surface area contributed by atoms with Gasteiger partial charge < -0.3 is 5.73 Å². The number of nitrogens with zero attached hydrogens (tertiary/aromatic N) is 1. The number of nitrogens with one attached hydrogen (secondary N) is 2. The van der Waals surface area contributed by atoms with Gasteiger partial charge in [-0.3, -0.25) is 5.32 Å². The van der Waals surface area contributed by atoms with E-state index in [0.29, 0.717) is 6.04 Å². The summed E-state index contributed by atoms with van der Waals surface area (Å²) < 4.78 is 3.21. The van der Waals surface area contributed by atoms with E-state index in [4.69, 9.17) is 11.3 Å². The molecule has 0 aliphatic heterocycles. The molecule has 0 aliphatic rings. The molecule has 0 radical (unpaired) electrons. The molecule has 0 saturated heterocycles. The third kappa shape index (κ3) is 5.17. The predicted molar refractivity (Wildman–Crippen MR) is 48.4 cm³/mol. The molecular formula is C6H16N4S. The molecule has 66 valence electrons. The van der Waals surface area contributed by atoms with Crippen molar-refractivity contribution >= 4 is 11.9 Å². The summed E-state index contributed by atoms with van der Waals surface area (Å²) in [5, 5.41) is 3.29. The van der Waals surface area contributed by atoms with Gasteiger partial charge in [-0.05, 0) is 20.8 Å². The zero-order valence-electron chi connectivity index (χ0n) is 7.16. The molecule has 0 spiro atoms. The number of hydrogen-bond donors (Lipinski definition) is 3. The van der Waals surface area contributed by atoms with E-state index < -0.39 is 0 Å². The summed E-state index contributed by atoms with van der Waals surface area (Å²) in [5.41, 5.74) is 12.3. The van der Waals surface area contributed by atoms with E-state index in [-0.39, 0.29) is 11.4 Å². The van der Waals surface area contributed by atoms with Gasteiger partial charge in [0.2, 0.25) is 0 Å². The molecule has 4 nitrogen and oxygen atoms in total. The summed E-state index contributed by atoms with van der Waals surface area (Å²) in [7, 11) is 0. The highest BCUT2D eigenvalue weighted by atomic mass is 32.2. The minimum Gasteiger partial charge on any atom is -0.315 e. The molecule has 1 unspecified atom stereocenters. The molecule has 0 saturated carbocycles. The van der Waals surface area contributed by atoms with Gasteiger partial charge in [-0.1, -0.05) is 0 Å². The van der Waals surface area contributed by atoms with E-state index >= 15 is 0 Å². The van der Waals surface area contributed by atoms with Gasteiger partial charge in [-0.2, -0.15) is 5.53 Å². The topological polar surface area (TPSA) is 74.3 Å². The molecule has 0 heterocycles. The molecule has 4 N–H and O–H groups in total. The molecule has 0 aromatic carbocycles. The highest BCUT2D eigenvalue weighted by Gasteiger charge is 2.13. The average Bonchev–Trinajstić information content (AvgIpc) is 1.86. The minimum atomic E-state index is -0.0888. The molecule has 0 fully saturated rings. The Morgan fingerprint density at radius 2 is 2.00 bits per heavy atom. The molecule has 11 heavy (non-hydrogen) atoms. The fourth-order valence-electron chi connectivity index (χ4n) is 0.669. The van der Waals surface area contributed by atoms with Gasteiger partial charge in [-0.15, -0.1) is 4.52 Å². The second-order valence-electron chi connectivity index (χ2n) is 2.75. The first-order valence-electron chi connectivity index (χ1n) is 3.62. The van der Waals surface area contributed by atoms with Crippen molar-refractivity contribution in [2.45, 2.75) is 38.2 Å². The molecule has 5 heteroatoms. The van der Waals surface area contributed by atoms with Gasteiger partial charge in [0, 0.05) is 18.0 Å². The second kappa shape index (κ2) is 5.51. The molecule has 0 aliphatic carbocycles. The summed E-state index contributed by atoms with van der Waals surface area (Å²) in [6.45, 7) is 6.02. The maximum atomic E-state index is 6.61. The molecule has 2 atom stereocenters. The molecule has 0 bridgehead atoms. The van der Waals surface area contributed by atoms with Crippen LogP contribution in [0.3, 0.4) is 0 Å². The quantitative estimate of drug-likeness (QED) is 0.336. The van der Waals surface area contributed by atoms with Crippen LogP contribution in [0, 0.1) is 5.53 Å². The van der Waals surface area contributed by atoms with Crippen molar-refractivity contribution in [3.8, 4) is 0 Å². The van der Waals surface area contributed by atoms with E-state index in [1.807, 2.05) is 20.8 Å². The van der Waals surface area contributed by atoms with E-state index in [9.17, 15) is 0 Å². The van der Waals surface area contributed by atoms with Gasteiger partial charge in [0.25, 0.3) is 0 Å². The van der Waals surface area contributed by atoms with Crippen LogP contribution in [0.15, 0.2) is 4.52 Å². The lowest BCUT2D eigenvalue weighted by Gasteiger charge is -2.20. The summed E-state index contributed by atoms with van der Waals surface area (Å²) in [6.07, 6.45) is -0.0888. The van der Waals surface area contributed by atoms with Crippen LogP contribution >= 0.6 is 11.9 Å². The Labute approximate surface area is 71.9 Å². The average molecular weight is 176 g/mol. The summed E-state index contributed by atoms with van der Waals surface area (Å²) in [4.78, 5) is 0.